The number of nitrogens with one attached hydrogen (secondary N) is 2. The molecule has 1 saturated heterocycles. The fourth-order valence-electron chi connectivity index (χ4n) is 2.91. The van der Waals surface area contributed by atoms with Crippen LogP contribution in [0.1, 0.15) is 21.6 Å². The average Bonchev–Trinajstić information content (AvgIpc) is 2.68. The lowest BCUT2D eigenvalue weighted by Gasteiger charge is -2.26. The van der Waals surface area contributed by atoms with Gasteiger partial charge in [-0.05, 0) is 30.2 Å². The number of hydrogen-bond donors (Lipinski definition) is 2. The number of carbonyl (C=O) groups excluding carboxylic acids is 1. The Hall–Kier alpha value is -2.44. The Balaban J connectivity index is 1.49. The third kappa shape index (κ3) is 5.28. The average molecular weight is 354 g/mol. The second-order valence-corrected chi connectivity index (χ2v) is 6.42. The molecule has 3 rings (SSSR count). The summed E-state index contributed by atoms with van der Waals surface area (Å²) in [6.45, 7) is 7.64. The van der Waals surface area contributed by atoms with Gasteiger partial charge >= 0.3 is 0 Å². The van der Waals surface area contributed by atoms with Crippen molar-refractivity contribution in [1.82, 2.24) is 15.2 Å². The van der Waals surface area contributed by atoms with Gasteiger partial charge in [0.05, 0.1) is 13.2 Å². The first-order valence-corrected chi connectivity index (χ1v) is 9.05. The fourth-order valence-corrected chi connectivity index (χ4v) is 2.91. The highest BCUT2D eigenvalue weighted by Crippen LogP contribution is 2.12. The summed E-state index contributed by atoms with van der Waals surface area (Å²) in [5.41, 5.74) is 3.80. The standard InChI is InChI=1S/C20H26N4O2/c1-16-4-2-3-5-17(16)15-23-18-6-7-21-19(14-18)20(25)22-8-9-24-10-12-26-13-11-24/h2-7,14H,8-13,15H2,1H3,(H,21,23)(H,22,25). The highest BCUT2D eigenvalue weighted by Gasteiger charge is 2.12. The number of aryl methyl sites for hydroxylation is 1. The molecular weight excluding hydrogens is 328 g/mol. The largest absolute Gasteiger partial charge is 0.381 e. The van der Waals surface area contributed by atoms with Crippen LogP contribution in [0.2, 0.25) is 0 Å². The van der Waals surface area contributed by atoms with Gasteiger partial charge in [-0.1, -0.05) is 24.3 Å². The number of pyridine rings is 1. The quantitative estimate of drug-likeness (QED) is 0.797. The number of ether oxygens (including phenoxy) is 1. The first kappa shape index (κ1) is 18.4. The highest BCUT2D eigenvalue weighted by molar-refractivity contribution is 5.93. The van der Waals surface area contributed by atoms with E-state index >= 15 is 0 Å². The zero-order valence-corrected chi connectivity index (χ0v) is 15.2. The Morgan fingerprint density at radius 3 is 2.85 bits per heavy atom. The van der Waals surface area contributed by atoms with Gasteiger partial charge in [0.1, 0.15) is 5.69 Å². The fraction of sp³-hybridized carbons (Fsp3) is 0.400. The molecule has 0 radical (unpaired) electrons. The van der Waals surface area contributed by atoms with E-state index in [-0.39, 0.29) is 5.91 Å². The molecule has 0 atom stereocenters. The van der Waals surface area contributed by atoms with E-state index in [1.165, 1.54) is 11.1 Å². The lowest BCUT2D eigenvalue weighted by atomic mass is 10.1. The Morgan fingerprint density at radius 2 is 2.04 bits per heavy atom. The van der Waals surface area contributed by atoms with Crippen LogP contribution >= 0.6 is 0 Å². The number of rotatable bonds is 7. The molecule has 26 heavy (non-hydrogen) atoms. The van der Waals surface area contributed by atoms with E-state index < -0.39 is 0 Å². The maximum Gasteiger partial charge on any atom is 0.269 e. The van der Waals surface area contributed by atoms with E-state index in [1.54, 1.807) is 12.3 Å². The van der Waals surface area contributed by atoms with Crippen molar-refractivity contribution in [2.24, 2.45) is 0 Å². The van der Waals surface area contributed by atoms with Gasteiger partial charge in [0, 0.05) is 44.6 Å². The second-order valence-electron chi connectivity index (χ2n) is 6.42. The number of morpholine rings is 1. The van der Waals surface area contributed by atoms with Crippen molar-refractivity contribution in [1.29, 1.82) is 0 Å². The molecule has 0 saturated carbocycles. The van der Waals surface area contributed by atoms with Crippen molar-refractivity contribution in [3.8, 4) is 0 Å². The van der Waals surface area contributed by atoms with E-state index in [0.717, 1.165) is 45.1 Å². The van der Waals surface area contributed by atoms with Crippen LogP contribution in [-0.2, 0) is 11.3 Å². The van der Waals surface area contributed by atoms with Crippen LogP contribution in [-0.4, -0.2) is 55.2 Å². The molecule has 6 heteroatoms. The lowest BCUT2D eigenvalue weighted by Crippen LogP contribution is -2.41. The number of hydrogen-bond acceptors (Lipinski definition) is 5. The van der Waals surface area contributed by atoms with Crippen molar-refractivity contribution in [3.63, 3.8) is 0 Å². The van der Waals surface area contributed by atoms with Crippen molar-refractivity contribution < 1.29 is 9.53 Å². The molecule has 1 amide bonds. The van der Waals surface area contributed by atoms with Crippen molar-refractivity contribution in [3.05, 3.63) is 59.4 Å². The first-order chi connectivity index (χ1) is 12.7. The second kappa shape index (κ2) is 9.31. The molecule has 6 nitrogen and oxygen atoms in total. The van der Waals surface area contributed by atoms with Crippen LogP contribution < -0.4 is 10.6 Å². The zero-order chi connectivity index (χ0) is 18.2. The first-order valence-electron chi connectivity index (χ1n) is 9.05. The third-order valence-electron chi connectivity index (χ3n) is 4.55. The zero-order valence-electron chi connectivity index (χ0n) is 15.2. The molecule has 2 N–H and O–H groups in total. The van der Waals surface area contributed by atoms with Crippen LogP contribution in [0.25, 0.3) is 0 Å². The van der Waals surface area contributed by atoms with E-state index in [4.69, 9.17) is 4.74 Å². The van der Waals surface area contributed by atoms with Crippen LogP contribution in [0.3, 0.4) is 0 Å². The number of anilines is 1. The molecule has 1 fully saturated rings. The maximum absolute atomic E-state index is 12.3. The molecule has 0 unspecified atom stereocenters. The van der Waals surface area contributed by atoms with Gasteiger partial charge in [-0.25, -0.2) is 0 Å². The minimum Gasteiger partial charge on any atom is -0.381 e. The predicted octanol–water partition coefficient (Wildman–Crippen LogP) is 2.06. The molecule has 0 bridgehead atoms. The number of nitrogens with zero attached hydrogens (tertiary/aromatic N) is 2. The van der Waals surface area contributed by atoms with Gasteiger partial charge in [0.15, 0.2) is 0 Å². The van der Waals surface area contributed by atoms with Gasteiger partial charge in [-0.3, -0.25) is 14.7 Å². The van der Waals surface area contributed by atoms with Gasteiger partial charge in [-0.2, -0.15) is 0 Å². The maximum atomic E-state index is 12.3. The summed E-state index contributed by atoms with van der Waals surface area (Å²) in [5, 5.41) is 6.31. The smallest absolute Gasteiger partial charge is 0.269 e. The van der Waals surface area contributed by atoms with Gasteiger partial charge in [0.2, 0.25) is 0 Å². The minimum absolute atomic E-state index is 0.141. The van der Waals surface area contributed by atoms with Gasteiger partial charge in [-0.15, -0.1) is 0 Å². The normalized spacial score (nSPS) is 14.8. The molecule has 1 aromatic carbocycles. The summed E-state index contributed by atoms with van der Waals surface area (Å²) < 4.78 is 5.33. The minimum atomic E-state index is -0.141. The number of amides is 1. The molecule has 2 heterocycles. The van der Waals surface area contributed by atoms with E-state index in [2.05, 4.69) is 39.6 Å². The molecule has 0 aliphatic carbocycles. The molecular formula is C20H26N4O2. The van der Waals surface area contributed by atoms with Crippen molar-refractivity contribution in [2.75, 3.05) is 44.7 Å². The number of aromatic nitrogens is 1. The topological polar surface area (TPSA) is 66.5 Å². The lowest BCUT2D eigenvalue weighted by molar-refractivity contribution is 0.0383. The van der Waals surface area contributed by atoms with Gasteiger partial charge in [0.25, 0.3) is 5.91 Å². The molecule has 1 aliphatic heterocycles. The van der Waals surface area contributed by atoms with Crippen LogP contribution in [0, 0.1) is 6.92 Å². The summed E-state index contributed by atoms with van der Waals surface area (Å²) in [4.78, 5) is 18.8. The van der Waals surface area contributed by atoms with Crippen LogP contribution in [0.5, 0.6) is 0 Å². The predicted molar refractivity (Wildman–Crippen MR) is 102 cm³/mol. The Bertz CT molecular complexity index is 729. The Morgan fingerprint density at radius 1 is 1.23 bits per heavy atom. The van der Waals surface area contributed by atoms with E-state index in [1.807, 2.05) is 18.2 Å². The van der Waals surface area contributed by atoms with Crippen LogP contribution in [0.15, 0.2) is 42.6 Å². The summed E-state index contributed by atoms with van der Waals surface area (Å²) in [6.07, 6.45) is 1.66. The summed E-state index contributed by atoms with van der Waals surface area (Å²) in [7, 11) is 0. The van der Waals surface area contributed by atoms with Crippen molar-refractivity contribution in [2.45, 2.75) is 13.5 Å². The SMILES string of the molecule is Cc1ccccc1CNc1ccnc(C(=O)NCCN2CCOCC2)c1. The molecule has 2 aromatic rings. The number of carbonyl (C=O) groups is 1. The summed E-state index contributed by atoms with van der Waals surface area (Å²) in [5.74, 6) is -0.141. The molecule has 0 spiro atoms. The van der Waals surface area contributed by atoms with Gasteiger partial charge < -0.3 is 15.4 Å². The summed E-state index contributed by atoms with van der Waals surface area (Å²) in [6, 6.07) is 11.9. The van der Waals surface area contributed by atoms with E-state index in [0.29, 0.717) is 12.2 Å². The highest BCUT2D eigenvalue weighted by atomic mass is 16.5. The molecule has 1 aromatic heterocycles. The summed E-state index contributed by atoms with van der Waals surface area (Å²) >= 11 is 0. The monoisotopic (exact) mass is 354 g/mol. The van der Waals surface area contributed by atoms with Crippen molar-refractivity contribution >= 4 is 11.6 Å². The third-order valence-corrected chi connectivity index (χ3v) is 4.55. The number of benzene rings is 1. The van der Waals surface area contributed by atoms with Crippen LogP contribution in [0.4, 0.5) is 5.69 Å². The Labute approximate surface area is 154 Å². The van der Waals surface area contributed by atoms with E-state index in [9.17, 15) is 4.79 Å². The molecule has 1 aliphatic rings. The Kier molecular flexibility index (Phi) is 6.57. The molecule has 138 valence electrons.